The summed E-state index contributed by atoms with van der Waals surface area (Å²) in [4.78, 5) is 13.5. The van der Waals surface area contributed by atoms with Crippen molar-refractivity contribution in [1.82, 2.24) is 4.90 Å². The molecule has 3 nitrogen and oxygen atoms in total. The van der Waals surface area contributed by atoms with Gasteiger partial charge in [0.25, 0.3) is 0 Å². The molecule has 0 aliphatic carbocycles. The molecule has 0 atom stereocenters. The van der Waals surface area contributed by atoms with Crippen LogP contribution >= 0.6 is 0 Å². The lowest BCUT2D eigenvalue weighted by Gasteiger charge is -2.37. The van der Waals surface area contributed by atoms with Crippen LogP contribution in [0.5, 0.6) is 0 Å². The molecule has 15 heavy (non-hydrogen) atoms. The number of rotatable bonds is 3. The molecule has 1 heterocycles. The molecule has 0 aromatic rings. The molecule has 0 N–H and O–H groups in total. The average molecular weight is 213 g/mol. The molecule has 1 saturated heterocycles. The van der Waals surface area contributed by atoms with E-state index in [4.69, 9.17) is 4.74 Å². The molecule has 88 valence electrons. The van der Waals surface area contributed by atoms with E-state index in [0.29, 0.717) is 6.61 Å². The number of carbonyl (C=O) groups is 1. The van der Waals surface area contributed by atoms with Gasteiger partial charge in [-0.3, -0.25) is 0 Å². The summed E-state index contributed by atoms with van der Waals surface area (Å²) >= 11 is 0. The Balaban J connectivity index is 2.32. The lowest BCUT2D eigenvalue weighted by Crippen LogP contribution is -2.43. The molecule has 3 heteroatoms. The van der Waals surface area contributed by atoms with Gasteiger partial charge in [0.1, 0.15) is 0 Å². The van der Waals surface area contributed by atoms with Crippen molar-refractivity contribution in [1.29, 1.82) is 0 Å². The molecule has 0 unspecified atom stereocenters. The van der Waals surface area contributed by atoms with E-state index in [0.717, 1.165) is 32.4 Å². The zero-order valence-corrected chi connectivity index (χ0v) is 10.2. The minimum atomic E-state index is -0.128. The fourth-order valence-corrected chi connectivity index (χ4v) is 1.97. The predicted octanol–water partition coefficient (Wildman–Crippen LogP) is 3.05. The maximum atomic E-state index is 11.7. The first kappa shape index (κ1) is 12.3. The van der Waals surface area contributed by atoms with E-state index in [-0.39, 0.29) is 11.5 Å². The number of likely N-dealkylation sites (tertiary alicyclic amines) is 1. The second-order valence-electron chi connectivity index (χ2n) is 5.16. The van der Waals surface area contributed by atoms with Crippen molar-refractivity contribution in [2.75, 3.05) is 19.7 Å². The first-order chi connectivity index (χ1) is 7.05. The van der Waals surface area contributed by atoms with E-state index in [1.165, 1.54) is 6.42 Å². The Kier molecular flexibility index (Phi) is 4.43. The minimum absolute atomic E-state index is 0.128. The second-order valence-corrected chi connectivity index (χ2v) is 5.16. The van der Waals surface area contributed by atoms with Crippen molar-refractivity contribution in [2.24, 2.45) is 5.41 Å². The summed E-state index contributed by atoms with van der Waals surface area (Å²) < 4.78 is 5.20. The van der Waals surface area contributed by atoms with E-state index in [1.54, 1.807) is 0 Å². The number of hydrogen-bond donors (Lipinski definition) is 0. The molecule has 1 aliphatic heterocycles. The van der Waals surface area contributed by atoms with Gasteiger partial charge in [0, 0.05) is 13.1 Å². The third-order valence-corrected chi connectivity index (χ3v) is 2.88. The molecule has 0 bridgehead atoms. The van der Waals surface area contributed by atoms with Gasteiger partial charge < -0.3 is 9.64 Å². The molecule has 0 aromatic carbocycles. The molecule has 1 aliphatic rings. The fraction of sp³-hybridized carbons (Fsp3) is 0.917. The highest BCUT2D eigenvalue weighted by Gasteiger charge is 2.29. The number of amides is 1. The highest BCUT2D eigenvalue weighted by Crippen LogP contribution is 2.28. The van der Waals surface area contributed by atoms with Crippen LogP contribution in [0.25, 0.3) is 0 Å². The van der Waals surface area contributed by atoms with Gasteiger partial charge in [0.2, 0.25) is 0 Å². The Morgan fingerprint density at radius 3 is 2.80 bits per heavy atom. The number of unbranched alkanes of at least 4 members (excludes halogenated alkanes) is 1. The van der Waals surface area contributed by atoms with Gasteiger partial charge in [-0.1, -0.05) is 27.2 Å². The van der Waals surface area contributed by atoms with Crippen LogP contribution in [0.2, 0.25) is 0 Å². The predicted molar refractivity (Wildman–Crippen MR) is 60.8 cm³/mol. The van der Waals surface area contributed by atoms with Gasteiger partial charge in [0.05, 0.1) is 6.61 Å². The third-order valence-electron chi connectivity index (χ3n) is 2.88. The average Bonchev–Trinajstić information content (AvgIpc) is 2.16. The molecular weight excluding hydrogens is 190 g/mol. The van der Waals surface area contributed by atoms with E-state index >= 15 is 0 Å². The van der Waals surface area contributed by atoms with Crippen LogP contribution in [-0.2, 0) is 4.74 Å². The Labute approximate surface area is 92.8 Å². The first-order valence-electron chi connectivity index (χ1n) is 5.97. The van der Waals surface area contributed by atoms with Crippen molar-refractivity contribution in [3.05, 3.63) is 0 Å². The quantitative estimate of drug-likeness (QED) is 0.674. The third kappa shape index (κ3) is 4.10. The Morgan fingerprint density at radius 2 is 2.20 bits per heavy atom. The normalized spacial score (nSPS) is 20.1. The summed E-state index contributed by atoms with van der Waals surface area (Å²) in [6.07, 6.45) is 4.19. The van der Waals surface area contributed by atoms with Gasteiger partial charge in [-0.2, -0.15) is 0 Å². The van der Waals surface area contributed by atoms with E-state index in [9.17, 15) is 4.79 Å². The maximum absolute atomic E-state index is 11.7. The first-order valence-corrected chi connectivity index (χ1v) is 5.97. The molecule has 1 rings (SSSR count). The summed E-state index contributed by atoms with van der Waals surface area (Å²) in [5.41, 5.74) is 0.252. The number of hydrogen-bond acceptors (Lipinski definition) is 2. The number of nitrogens with zero attached hydrogens (tertiary/aromatic N) is 1. The Morgan fingerprint density at radius 1 is 1.47 bits per heavy atom. The lowest BCUT2D eigenvalue weighted by molar-refractivity contribution is 0.0663. The SMILES string of the molecule is CCCCOC(=O)N1CCCC(C)(C)C1. The van der Waals surface area contributed by atoms with Crippen LogP contribution in [-0.4, -0.2) is 30.7 Å². The lowest BCUT2D eigenvalue weighted by atomic mass is 9.84. The molecule has 1 amide bonds. The van der Waals surface area contributed by atoms with Crippen LogP contribution < -0.4 is 0 Å². The van der Waals surface area contributed by atoms with E-state index < -0.39 is 0 Å². The van der Waals surface area contributed by atoms with Gasteiger partial charge in [0.15, 0.2) is 0 Å². The Bertz CT molecular complexity index is 214. The van der Waals surface area contributed by atoms with E-state index in [1.807, 2.05) is 4.90 Å². The van der Waals surface area contributed by atoms with Crippen molar-refractivity contribution >= 4 is 6.09 Å². The summed E-state index contributed by atoms with van der Waals surface area (Å²) in [5, 5.41) is 0. The zero-order chi connectivity index (χ0) is 11.3. The van der Waals surface area contributed by atoms with Crippen LogP contribution in [0.1, 0.15) is 46.5 Å². The van der Waals surface area contributed by atoms with Crippen molar-refractivity contribution in [2.45, 2.75) is 46.5 Å². The smallest absolute Gasteiger partial charge is 0.409 e. The molecule has 0 radical (unpaired) electrons. The van der Waals surface area contributed by atoms with Gasteiger partial charge in [-0.05, 0) is 24.7 Å². The number of piperidine rings is 1. The molecule has 0 saturated carbocycles. The molecule has 1 fully saturated rings. The molecule has 0 spiro atoms. The minimum Gasteiger partial charge on any atom is -0.449 e. The summed E-state index contributed by atoms with van der Waals surface area (Å²) in [5.74, 6) is 0. The zero-order valence-electron chi connectivity index (χ0n) is 10.2. The largest absolute Gasteiger partial charge is 0.449 e. The van der Waals surface area contributed by atoms with Gasteiger partial charge in [-0.15, -0.1) is 0 Å². The summed E-state index contributed by atoms with van der Waals surface area (Å²) in [6.45, 7) is 8.76. The van der Waals surface area contributed by atoms with Crippen molar-refractivity contribution in [3.63, 3.8) is 0 Å². The number of carbonyl (C=O) groups excluding carboxylic acids is 1. The van der Waals surface area contributed by atoms with Crippen molar-refractivity contribution in [3.8, 4) is 0 Å². The van der Waals surface area contributed by atoms with Gasteiger partial charge in [-0.25, -0.2) is 4.79 Å². The summed E-state index contributed by atoms with van der Waals surface area (Å²) in [7, 11) is 0. The maximum Gasteiger partial charge on any atom is 0.409 e. The fourth-order valence-electron chi connectivity index (χ4n) is 1.97. The number of ether oxygens (including phenoxy) is 1. The highest BCUT2D eigenvalue weighted by atomic mass is 16.6. The Hall–Kier alpha value is -0.730. The molecular formula is C12H23NO2. The second kappa shape index (κ2) is 5.38. The van der Waals surface area contributed by atoms with Crippen LogP contribution in [0.15, 0.2) is 0 Å². The topological polar surface area (TPSA) is 29.5 Å². The molecule has 0 aromatic heterocycles. The standard InChI is InChI=1S/C12H23NO2/c1-4-5-9-15-11(14)13-8-6-7-12(2,3)10-13/h4-10H2,1-3H3. The van der Waals surface area contributed by atoms with E-state index in [2.05, 4.69) is 20.8 Å². The van der Waals surface area contributed by atoms with Crippen molar-refractivity contribution < 1.29 is 9.53 Å². The van der Waals surface area contributed by atoms with Crippen LogP contribution in [0.4, 0.5) is 4.79 Å². The van der Waals surface area contributed by atoms with Crippen LogP contribution in [0, 0.1) is 5.41 Å². The summed E-state index contributed by atoms with van der Waals surface area (Å²) in [6, 6.07) is 0. The van der Waals surface area contributed by atoms with Crippen LogP contribution in [0.3, 0.4) is 0 Å². The van der Waals surface area contributed by atoms with Gasteiger partial charge >= 0.3 is 6.09 Å². The highest BCUT2D eigenvalue weighted by molar-refractivity contribution is 5.67. The monoisotopic (exact) mass is 213 g/mol.